The van der Waals surface area contributed by atoms with Gasteiger partial charge in [-0.15, -0.1) is 0 Å². The fraction of sp³-hybridized carbons (Fsp3) is 0. The van der Waals surface area contributed by atoms with Crippen LogP contribution >= 0.6 is 0 Å². The third-order valence-electron chi connectivity index (χ3n) is 0.129. The quantitative estimate of drug-likeness (QED) is 0.630. The van der Waals surface area contributed by atoms with Gasteiger partial charge in [0.2, 0.25) is 0 Å². The molecule has 0 aliphatic heterocycles. The van der Waals surface area contributed by atoms with Crippen molar-refractivity contribution in [2.45, 2.75) is 0 Å². The van der Waals surface area contributed by atoms with Gasteiger partial charge in [-0.1, -0.05) is 0 Å². The van der Waals surface area contributed by atoms with Gasteiger partial charge in [0, 0.05) is 0 Å². The molecule has 7 heavy (non-hydrogen) atoms. The van der Waals surface area contributed by atoms with Crippen molar-refractivity contribution in [2.75, 3.05) is 0 Å². The zero-order valence-corrected chi connectivity index (χ0v) is 4.49. The first-order valence-electron chi connectivity index (χ1n) is 1.16. The van der Waals surface area contributed by atoms with Gasteiger partial charge in [-0.3, -0.25) is 0 Å². The monoisotopic (exact) mass is 197 g/mol. The molecule has 0 saturated carbocycles. The predicted octanol–water partition coefficient (Wildman–Crippen LogP) is 0.425. The van der Waals surface area contributed by atoms with E-state index in [1.807, 2.05) is 0 Å². The van der Waals surface area contributed by atoms with Gasteiger partial charge < -0.3 is 0 Å². The van der Waals surface area contributed by atoms with Crippen molar-refractivity contribution in [3.8, 4) is 0 Å². The van der Waals surface area contributed by atoms with Gasteiger partial charge in [0.15, 0.2) is 0 Å². The van der Waals surface area contributed by atoms with Crippen molar-refractivity contribution in [3.05, 3.63) is 0 Å². The van der Waals surface area contributed by atoms with Crippen LogP contribution < -0.4 is 0 Å². The minimum atomic E-state index is -1.28. The number of carbonyl (C=O) groups is 2. The van der Waals surface area contributed by atoms with Crippen LogP contribution in [0.15, 0.2) is 0 Å². The molecule has 0 aromatic carbocycles. The fourth-order valence-electron chi connectivity index (χ4n) is 0.0552. The van der Waals surface area contributed by atoms with Crippen LogP contribution in [0.25, 0.3) is 0 Å². The summed E-state index contributed by atoms with van der Waals surface area (Å²) >= 11 is -1.04. The molecule has 2 N–H and O–H groups in total. The molecule has 0 aliphatic carbocycles. The van der Waals surface area contributed by atoms with Gasteiger partial charge in [-0.05, 0) is 0 Å². The Morgan fingerprint density at radius 1 is 1.14 bits per heavy atom. The van der Waals surface area contributed by atoms with Gasteiger partial charge in [0.25, 0.3) is 0 Å². The number of hydrogen-bond donors (Lipinski definition) is 2. The molecule has 0 unspecified atom stereocenters. The molecule has 45 valence electrons. The van der Waals surface area contributed by atoms with E-state index >= 15 is 0 Å². The zero-order valence-electron chi connectivity index (χ0n) is 3.01. The second kappa shape index (κ2) is 2.79. The molecule has 0 aliphatic rings. The molecule has 0 saturated heterocycles. The van der Waals surface area contributed by atoms with E-state index < -0.39 is 28.1 Å². The molecule has 0 aromatic rings. The SMILES string of the molecule is O=[C](O)[Ag][C](=O)O. The summed E-state index contributed by atoms with van der Waals surface area (Å²) in [7, 11) is 0. The van der Waals surface area contributed by atoms with Crippen LogP contribution in [-0.2, 0) is 19.8 Å². The van der Waals surface area contributed by atoms with E-state index in [1.165, 1.54) is 0 Å². The Bertz CT molecular complexity index is 85.9. The Labute approximate surface area is 48.5 Å². The first-order valence-corrected chi connectivity index (χ1v) is 2.64. The average Bonchev–Trinajstić information content (AvgIpc) is 1.27. The Balaban J connectivity index is 3.32. The van der Waals surface area contributed by atoms with E-state index in [-0.39, 0.29) is 0 Å². The molecule has 0 amide bonds. The second-order valence-electron chi connectivity index (χ2n) is 0.516. The third kappa shape index (κ3) is 5.68. The van der Waals surface area contributed by atoms with Gasteiger partial charge in [-0.2, -0.15) is 0 Å². The molecule has 0 heterocycles. The Kier molecular flexibility index (Phi) is 2.66. The van der Waals surface area contributed by atoms with Crippen molar-refractivity contribution in [3.63, 3.8) is 0 Å². The summed E-state index contributed by atoms with van der Waals surface area (Å²) in [5, 5.41) is 15.4. The maximum atomic E-state index is 9.44. The van der Waals surface area contributed by atoms with E-state index in [9.17, 15) is 9.59 Å². The number of hydrogen-bond acceptors (Lipinski definition) is 2. The van der Waals surface area contributed by atoms with E-state index in [1.54, 1.807) is 0 Å². The summed E-state index contributed by atoms with van der Waals surface area (Å²) < 4.78 is -2.56. The molecule has 0 radical (unpaired) electrons. The summed E-state index contributed by atoms with van der Waals surface area (Å²) in [5.74, 6) is 0. The molecule has 0 fully saturated rings. The molecule has 0 aromatic heterocycles. The third-order valence-corrected chi connectivity index (χ3v) is 0.763. The van der Waals surface area contributed by atoms with Crippen LogP contribution in [0.3, 0.4) is 0 Å². The fourth-order valence-corrected chi connectivity index (χ4v) is 0.326. The van der Waals surface area contributed by atoms with Gasteiger partial charge >= 0.3 is 47.9 Å². The van der Waals surface area contributed by atoms with Crippen LogP contribution in [0.1, 0.15) is 0 Å². The molecule has 5 heteroatoms. The topological polar surface area (TPSA) is 74.6 Å². The van der Waals surface area contributed by atoms with E-state index in [0.29, 0.717) is 0 Å². The molecule has 4 nitrogen and oxygen atoms in total. The predicted molar refractivity (Wildman–Crippen MR) is 16.0 cm³/mol. The molecule has 0 spiro atoms. The molecule has 0 bridgehead atoms. The van der Waals surface area contributed by atoms with Gasteiger partial charge in [-0.25, -0.2) is 0 Å². The Morgan fingerprint density at radius 3 is 1.43 bits per heavy atom. The molecule has 0 atom stereocenters. The summed E-state index contributed by atoms with van der Waals surface area (Å²) in [5.41, 5.74) is 0. The average molecular weight is 198 g/mol. The van der Waals surface area contributed by atoms with E-state index in [0.717, 1.165) is 0 Å². The second-order valence-corrected chi connectivity index (χ2v) is 2.15. The summed E-state index contributed by atoms with van der Waals surface area (Å²) in [4.78, 5) is 18.9. The molecular formula is C2H2AgO4. The number of carboxylic acid groups (broad SMARTS) is 2. The van der Waals surface area contributed by atoms with Crippen LogP contribution in [0.2, 0.25) is 0 Å². The van der Waals surface area contributed by atoms with Crippen molar-refractivity contribution >= 4 is 8.37 Å². The molecular weight excluding hydrogens is 196 g/mol. The van der Waals surface area contributed by atoms with Crippen LogP contribution in [-0.4, -0.2) is 18.6 Å². The first-order chi connectivity index (χ1) is 3.13. The number of rotatable bonds is 2. The summed E-state index contributed by atoms with van der Waals surface area (Å²) in [6.45, 7) is 0. The Morgan fingerprint density at radius 2 is 1.43 bits per heavy atom. The minimum absolute atomic E-state index is 1.04. The standard InChI is InChI=1S/2CHO2.Ag/c2*2-1-3;/h2*(H,2,3);. The van der Waals surface area contributed by atoms with Crippen LogP contribution in [0, 0.1) is 0 Å². The Hall–Kier alpha value is -0.320. The zero-order chi connectivity index (χ0) is 5.86. The van der Waals surface area contributed by atoms with Crippen molar-refractivity contribution in [1.29, 1.82) is 0 Å². The summed E-state index contributed by atoms with van der Waals surface area (Å²) in [6, 6.07) is 0. The van der Waals surface area contributed by atoms with E-state index in [2.05, 4.69) is 0 Å². The summed E-state index contributed by atoms with van der Waals surface area (Å²) in [6.07, 6.45) is 0. The van der Waals surface area contributed by atoms with Crippen LogP contribution in [0.4, 0.5) is 9.59 Å². The van der Waals surface area contributed by atoms with Crippen molar-refractivity contribution < 1.29 is 39.6 Å². The van der Waals surface area contributed by atoms with Crippen molar-refractivity contribution in [2.24, 2.45) is 0 Å². The van der Waals surface area contributed by atoms with E-state index in [4.69, 9.17) is 10.2 Å². The van der Waals surface area contributed by atoms with Crippen molar-refractivity contribution in [1.82, 2.24) is 0 Å². The van der Waals surface area contributed by atoms with Crippen LogP contribution in [0.5, 0.6) is 0 Å². The van der Waals surface area contributed by atoms with Gasteiger partial charge in [0.05, 0.1) is 0 Å². The van der Waals surface area contributed by atoms with Gasteiger partial charge in [0.1, 0.15) is 0 Å². The molecule has 0 rings (SSSR count). The normalized spacial score (nSPS) is 8.57. The maximum absolute atomic E-state index is 9.44. The first kappa shape index (κ1) is 6.68.